The van der Waals surface area contributed by atoms with Gasteiger partial charge >= 0.3 is 6.09 Å². The van der Waals surface area contributed by atoms with Crippen LogP contribution in [0.15, 0.2) is 54.6 Å². The molecule has 0 aliphatic carbocycles. The van der Waals surface area contributed by atoms with E-state index in [0.29, 0.717) is 35.0 Å². The van der Waals surface area contributed by atoms with Crippen LogP contribution in [0, 0.1) is 0 Å². The van der Waals surface area contributed by atoms with Gasteiger partial charge in [0.15, 0.2) is 0 Å². The first-order valence-corrected chi connectivity index (χ1v) is 10.7. The summed E-state index contributed by atoms with van der Waals surface area (Å²) >= 11 is 1.23. The monoisotopic (exact) mass is 451 g/mol. The van der Waals surface area contributed by atoms with Gasteiger partial charge in [0.25, 0.3) is 11.8 Å². The molecule has 1 aromatic heterocycles. The molecule has 8 nitrogen and oxygen atoms in total. The number of benzene rings is 2. The zero-order valence-corrected chi connectivity index (χ0v) is 18.1. The summed E-state index contributed by atoms with van der Waals surface area (Å²) in [6.07, 6.45) is 0.00484. The van der Waals surface area contributed by atoms with Crippen molar-refractivity contribution in [3.8, 4) is 11.5 Å². The largest absolute Gasteiger partial charge is 0.457 e. The van der Waals surface area contributed by atoms with Crippen LogP contribution in [0.3, 0.4) is 0 Å². The number of thiophene rings is 1. The summed E-state index contributed by atoms with van der Waals surface area (Å²) in [6.45, 7) is 0.689. The standard InChI is InChI=1S/C23H21N3O5S/c1-30-23(29)26-12-11-16-18(13-26)32-22(19(16)20(24)27)25-21(28)15-9-5-6-10-17(15)31-14-7-3-2-4-8-14/h2-10H,11-13H2,1H3,(H2,24,27)(H,25,28). The fourth-order valence-corrected chi connectivity index (χ4v) is 4.83. The molecule has 0 fully saturated rings. The number of carbonyl (C=O) groups excluding carboxylic acids is 3. The number of hydrogen-bond acceptors (Lipinski definition) is 6. The van der Waals surface area contributed by atoms with Crippen molar-refractivity contribution in [1.82, 2.24) is 4.90 Å². The van der Waals surface area contributed by atoms with Crippen molar-refractivity contribution in [2.24, 2.45) is 5.73 Å². The Kier molecular flexibility index (Phi) is 6.09. The van der Waals surface area contributed by atoms with E-state index in [0.717, 1.165) is 10.4 Å². The number of nitrogens with zero attached hydrogens (tertiary/aromatic N) is 1. The molecule has 9 heteroatoms. The van der Waals surface area contributed by atoms with E-state index in [9.17, 15) is 14.4 Å². The van der Waals surface area contributed by atoms with Gasteiger partial charge in [0.05, 0.1) is 24.8 Å². The topological polar surface area (TPSA) is 111 Å². The molecule has 0 unspecified atom stereocenters. The first-order chi connectivity index (χ1) is 15.5. The van der Waals surface area contributed by atoms with Crippen molar-refractivity contribution < 1.29 is 23.9 Å². The van der Waals surface area contributed by atoms with E-state index in [1.807, 2.05) is 18.2 Å². The molecule has 3 N–H and O–H groups in total. The summed E-state index contributed by atoms with van der Waals surface area (Å²) < 4.78 is 10.7. The van der Waals surface area contributed by atoms with Crippen LogP contribution in [-0.2, 0) is 17.7 Å². The van der Waals surface area contributed by atoms with Gasteiger partial charge in [0, 0.05) is 11.4 Å². The quantitative estimate of drug-likeness (QED) is 0.609. The number of para-hydroxylation sites is 2. The first kappa shape index (κ1) is 21.4. The van der Waals surface area contributed by atoms with Crippen LogP contribution in [0.4, 0.5) is 9.80 Å². The third kappa shape index (κ3) is 4.28. The predicted molar refractivity (Wildman–Crippen MR) is 120 cm³/mol. The Labute approximate surface area is 188 Å². The molecule has 0 atom stereocenters. The summed E-state index contributed by atoms with van der Waals surface area (Å²) in [5, 5.41) is 3.17. The van der Waals surface area contributed by atoms with Gasteiger partial charge in [0.1, 0.15) is 16.5 Å². The van der Waals surface area contributed by atoms with Gasteiger partial charge in [-0.25, -0.2) is 4.79 Å². The van der Waals surface area contributed by atoms with E-state index in [-0.39, 0.29) is 12.1 Å². The maximum Gasteiger partial charge on any atom is 0.409 e. The normalized spacial score (nSPS) is 12.6. The fraction of sp³-hybridized carbons (Fsp3) is 0.174. The molecule has 3 aromatic rings. The van der Waals surface area contributed by atoms with Crippen LogP contribution < -0.4 is 15.8 Å². The van der Waals surface area contributed by atoms with Gasteiger partial charge in [0.2, 0.25) is 0 Å². The van der Waals surface area contributed by atoms with E-state index >= 15 is 0 Å². The molecular formula is C23H21N3O5S. The minimum atomic E-state index is -0.627. The number of anilines is 1. The number of carbonyl (C=O) groups is 3. The van der Waals surface area contributed by atoms with E-state index in [1.165, 1.54) is 23.3 Å². The zero-order valence-electron chi connectivity index (χ0n) is 17.3. The summed E-state index contributed by atoms with van der Waals surface area (Å²) in [6, 6.07) is 16.0. The first-order valence-electron chi connectivity index (χ1n) is 9.88. The average Bonchev–Trinajstić information content (AvgIpc) is 3.16. The Morgan fingerprint density at radius 2 is 1.78 bits per heavy atom. The number of primary amides is 1. The molecule has 3 amide bonds. The molecule has 2 heterocycles. The Balaban J connectivity index is 1.61. The lowest BCUT2D eigenvalue weighted by Crippen LogP contribution is -2.35. The highest BCUT2D eigenvalue weighted by atomic mass is 32.1. The second-order valence-corrected chi connectivity index (χ2v) is 8.18. The summed E-state index contributed by atoms with van der Waals surface area (Å²) in [4.78, 5) is 39.5. The molecule has 2 aromatic carbocycles. The lowest BCUT2D eigenvalue weighted by molar-refractivity contribution is 0.0999. The molecule has 0 radical (unpaired) electrons. The highest BCUT2D eigenvalue weighted by Gasteiger charge is 2.30. The van der Waals surface area contributed by atoms with Crippen molar-refractivity contribution in [1.29, 1.82) is 0 Å². The second-order valence-electron chi connectivity index (χ2n) is 7.08. The lowest BCUT2D eigenvalue weighted by atomic mass is 10.0. The third-order valence-electron chi connectivity index (χ3n) is 5.07. The zero-order chi connectivity index (χ0) is 22.7. The molecule has 0 bridgehead atoms. The Hall–Kier alpha value is -3.85. The summed E-state index contributed by atoms with van der Waals surface area (Å²) in [5.74, 6) is -0.0735. The number of ether oxygens (including phenoxy) is 2. The number of fused-ring (bicyclic) bond motifs is 1. The van der Waals surface area contributed by atoms with Gasteiger partial charge < -0.3 is 25.4 Å². The van der Waals surface area contributed by atoms with Crippen LogP contribution in [0.2, 0.25) is 0 Å². The predicted octanol–water partition coefficient (Wildman–Crippen LogP) is 4.02. The summed E-state index contributed by atoms with van der Waals surface area (Å²) in [7, 11) is 1.32. The smallest absolute Gasteiger partial charge is 0.409 e. The van der Waals surface area contributed by atoms with Crippen LogP contribution in [-0.4, -0.2) is 36.5 Å². The van der Waals surface area contributed by atoms with Crippen molar-refractivity contribution in [3.63, 3.8) is 0 Å². The molecule has 4 rings (SSSR count). The molecule has 1 aliphatic rings. The maximum atomic E-state index is 13.1. The highest BCUT2D eigenvalue weighted by Crippen LogP contribution is 2.37. The molecule has 1 aliphatic heterocycles. The van der Waals surface area contributed by atoms with Gasteiger partial charge in [-0.3, -0.25) is 9.59 Å². The molecule has 164 valence electrons. The second kappa shape index (κ2) is 9.11. The van der Waals surface area contributed by atoms with Gasteiger partial charge in [-0.05, 0) is 36.2 Å². The Bertz CT molecular complexity index is 1180. The molecule has 32 heavy (non-hydrogen) atoms. The van der Waals surface area contributed by atoms with Crippen LogP contribution >= 0.6 is 11.3 Å². The van der Waals surface area contributed by atoms with Gasteiger partial charge in [-0.15, -0.1) is 11.3 Å². The SMILES string of the molecule is COC(=O)N1CCc2c(sc(NC(=O)c3ccccc3Oc3ccccc3)c2C(N)=O)C1. The highest BCUT2D eigenvalue weighted by molar-refractivity contribution is 7.17. The van der Waals surface area contributed by atoms with Gasteiger partial charge in [-0.2, -0.15) is 0 Å². The van der Waals surface area contributed by atoms with Crippen LogP contribution in [0.1, 0.15) is 31.2 Å². The average molecular weight is 452 g/mol. The number of nitrogens with one attached hydrogen (secondary N) is 1. The third-order valence-corrected chi connectivity index (χ3v) is 6.20. The van der Waals surface area contributed by atoms with Crippen molar-refractivity contribution in [3.05, 3.63) is 76.2 Å². The molecule has 0 spiro atoms. The van der Waals surface area contributed by atoms with Gasteiger partial charge in [-0.1, -0.05) is 30.3 Å². The minimum absolute atomic E-state index is 0.282. The Morgan fingerprint density at radius 3 is 2.50 bits per heavy atom. The summed E-state index contributed by atoms with van der Waals surface area (Å²) in [5.41, 5.74) is 6.99. The minimum Gasteiger partial charge on any atom is -0.457 e. The van der Waals surface area contributed by atoms with Crippen molar-refractivity contribution in [2.45, 2.75) is 13.0 Å². The van der Waals surface area contributed by atoms with E-state index in [2.05, 4.69) is 5.32 Å². The Morgan fingerprint density at radius 1 is 1.06 bits per heavy atom. The van der Waals surface area contributed by atoms with E-state index < -0.39 is 17.9 Å². The number of hydrogen-bond donors (Lipinski definition) is 2. The van der Waals surface area contributed by atoms with Crippen molar-refractivity contribution >= 4 is 34.2 Å². The number of rotatable bonds is 5. The van der Waals surface area contributed by atoms with Crippen molar-refractivity contribution in [2.75, 3.05) is 19.0 Å². The number of methoxy groups -OCH3 is 1. The molecular weight excluding hydrogens is 430 g/mol. The molecule has 0 saturated heterocycles. The number of amides is 3. The fourth-order valence-electron chi connectivity index (χ4n) is 3.57. The maximum absolute atomic E-state index is 13.1. The number of nitrogens with two attached hydrogens (primary N) is 1. The lowest BCUT2D eigenvalue weighted by Gasteiger charge is -2.25. The van der Waals surface area contributed by atoms with Crippen LogP contribution in [0.5, 0.6) is 11.5 Å². The van der Waals surface area contributed by atoms with Crippen LogP contribution in [0.25, 0.3) is 0 Å². The van der Waals surface area contributed by atoms with E-state index in [4.69, 9.17) is 15.2 Å². The van der Waals surface area contributed by atoms with E-state index in [1.54, 1.807) is 36.4 Å². The molecule has 0 saturated carbocycles.